The van der Waals surface area contributed by atoms with Crippen LogP contribution in [-0.4, -0.2) is 25.3 Å². The normalized spacial score (nSPS) is 14.5. The van der Waals surface area contributed by atoms with E-state index in [1.807, 2.05) is 43.3 Å². The van der Waals surface area contributed by atoms with Crippen LogP contribution < -0.4 is 15.6 Å². The first kappa shape index (κ1) is 17.0. The Morgan fingerprint density at radius 2 is 1.84 bits per heavy atom. The number of hydrogen-bond acceptors (Lipinski definition) is 3. The Balaban J connectivity index is 1.50. The molecule has 0 aliphatic carbocycles. The molecular formula is C20H24N4O. The van der Waals surface area contributed by atoms with Gasteiger partial charge in [0.15, 0.2) is 0 Å². The highest BCUT2D eigenvalue weighted by atomic mass is 16.2. The molecule has 25 heavy (non-hydrogen) atoms. The number of carbonyl (C=O) groups is 1. The van der Waals surface area contributed by atoms with E-state index in [-0.39, 0.29) is 6.03 Å². The van der Waals surface area contributed by atoms with Gasteiger partial charge in [-0.2, -0.15) is 5.10 Å². The number of rotatable bonds is 4. The van der Waals surface area contributed by atoms with E-state index in [0.717, 1.165) is 29.9 Å². The lowest BCUT2D eigenvalue weighted by Gasteiger charge is -2.28. The van der Waals surface area contributed by atoms with Crippen molar-refractivity contribution in [2.75, 3.05) is 23.3 Å². The topological polar surface area (TPSA) is 56.7 Å². The first-order valence-corrected chi connectivity index (χ1v) is 8.72. The fraction of sp³-hybridized carbons (Fsp3) is 0.300. The predicted octanol–water partition coefficient (Wildman–Crippen LogP) is 4.14. The van der Waals surface area contributed by atoms with Crippen molar-refractivity contribution in [1.29, 1.82) is 0 Å². The molecule has 1 heterocycles. The summed E-state index contributed by atoms with van der Waals surface area (Å²) < 4.78 is 0. The first-order valence-electron chi connectivity index (χ1n) is 8.72. The van der Waals surface area contributed by atoms with Crippen LogP contribution in [0.15, 0.2) is 53.6 Å². The van der Waals surface area contributed by atoms with E-state index in [1.54, 1.807) is 6.21 Å². The van der Waals surface area contributed by atoms with E-state index < -0.39 is 0 Å². The number of carbonyl (C=O) groups excluding carboxylic acids is 1. The fourth-order valence-electron chi connectivity index (χ4n) is 2.97. The van der Waals surface area contributed by atoms with E-state index in [1.165, 1.54) is 24.9 Å². The second-order valence-corrected chi connectivity index (χ2v) is 6.33. The lowest BCUT2D eigenvalue weighted by atomic mass is 10.1. The predicted molar refractivity (Wildman–Crippen MR) is 103 cm³/mol. The number of benzene rings is 2. The van der Waals surface area contributed by atoms with Gasteiger partial charge in [-0.05, 0) is 61.6 Å². The molecule has 5 nitrogen and oxygen atoms in total. The van der Waals surface area contributed by atoms with Crippen molar-refractivity contribution in [1.82, 2.24) is 5.43 Å². The third-order valence-electron chi connectivity index (χ3n) is 4.27. The monoisotopic (exact) mass is 336 g/mol. The highest BCUT2D eigenvalue weighted by Crippen LogP contribution is 2.19. The zero-order chi connectivity index (χ0) is 17.5. The summed E-state index contributed by atoms with van der Waals surface area (Å²) in [6, 6.07) is 15.5. The quantitative estimate of drug-likeness (QED) is 0.651. The maximum atomic E-state index is 11.8. The number of piperidine rings is 1. The van der Waals surface area contributed by atoms with Gasteiger partial charge >= 0.3 is 6.03 Å². The summed E-state index contributed by atoms with van der Waals surface area (Å²) in [5.74, 6) is 0. The van der Waals surface area contributed by atoms with Crippen molar-refractivity contribution in [3.63, 3.8) is 0 Å². The lowest BCUT2D eigenvalue weighted by molar-refractivity contribution is 0.252. The van der Waals surface area contributed by atoms with Crippen LogP contribution in [0.3, 0.4) is 0 Å². The Morgan fingerprint density at radius 1 is 1.08 bits per heavy atom. The number of hydrazone groups is 1. The van der Waals surface area contributed by atoms with Gasteiger partial charge in [0.05, 0.1) is 6.21 Å². The van der Waals surface area contributed by atoms with E-state index in [2.05, 4.69) is 32.9 Å². The molecule has 0 spiro atoms. The van der Waals surface area contributed by atoms with Crippen LogP contribution in [0.5, 0.6) is 0 Å². The molecule has 2 aromatic rings. The molecule has 1 aliphatic rings. The molecule has 0 radical (unpaired) electrons. The summed E-state index contributed by atoms with van der Waals surface area (Å²) in [7, 11) is 0. The molecule has 0 unspecified atom stereocenters. The van der Waals surface area contributed by atoms with Gasteiger partial charge in [-0.15, -0.1) is 0 Å². The van der Waals surface area contributed by atoms with Crippen LogP contribution >= 0.6 is 0 Å². The number of nitrogens with one attached hydrogen (secondary N) is 2. The summed E-state index contributed by atoms with van der Waals surface area (Å²) in [6.45, 7) is 4.25. The average molecular weight is 336 g/mol. The van der Waals surface area contributed by atoms with Gasteiger partial charge in [0.2, 0.25) is 0 Å². The number of aryl methyl sites for hydroxylation is 1. The molecule has 0 saturated carbocycles. The lowest BCUT2D eigenvalue weighted by Crippen LogP contribution is -2.29. The molecule has 5 heteroatoms. The van der Waals surface area contributed by atoms with Crippen molar-refractivity contribution in [2.24, 2.45) is 5.10 Å². The third kappa shape index (κ3) is 5.08. The Morgan fingerprint density at radius 3 is 2.56 bits per heavy atom. The number of nitrogens with zero attached hydrogens (tertiary/aromatic N) is 2. The molecule has 1 aliphatic heterocycles. The van der Waals surface area contributed by atoms with Crippen LogP contribution in [0.25, 0.3) is 0 Å². The summed E-state index contributed by atoms with van der Waals surface area (Å²) in [5.41, 5.74) is 6.53. The van der Waals surface area contributed by atoms with Gasteiger partial charge in [0, 0.05) is 24.5 Å². The van der Waals surface area contributed by atoms with Crippen LogP contribution in [-0.2, 0) is 0 Å². The summed E-state index contributed by atoms with van der Waals surface area (Å²) in [6.07, 6.45) is 5.51. The van der Waals surface area contributed by atoms with E-state index in [9.17, 15) is 4.79 Å². The number of urea groups is 1. The van der Waals surface area contributed by atoms with Crippen LogP contribution in [0.4, 0.5) is 16.2 Å². The van der Waals surface area contributed by atoms with Crippen molar-refractivity contribution >= 4 is 23.6 Å². The Hall–Kier alpha value is -2.82. The van der Waals surface area contributed by atoms with Crippen LogP contribution in [0.2, 0.25) is 0 Å². The molecule has 0 atom stereocenters. The first-order chi connectivity index (χ1) is 12.2. The molecule has 3 rings (SSSR count). The van der Waals surface area contributed by atoms with Crippen molar-refractivity contribution in [3.05, 3.63) is 59.7 Å². The van der Waals surface area contributed by atoms with Gasteiger partial charge in [-0.25, -0.2) is 10.2 Å². The Kier molecular flexibility index (Phi) is 5.67. The SMILES string of the molecule is Cc1cccc(NC(=O)N/N=C/c2ccc(N3CCCCC3)cc2)c1. The summed E-state index contributed by atoms with van der Waals surface area (Å²) >= 11 is 0. The fourth-order valence-corrected chi connectivity index (χ4v) is 2.97. The van der Waals surface area contributed by atoms with Crippen molar-refractivity contribution < 1.29 is 4.79 Å². The van der Waals surface area contributed by atoms with Gasteiger partial charge in [0.25, 0.3) is 0 Å². The molecule has 0 aromatic heterocycles. The van der Waals surface area contributed by atoms with E-state index >= 15 is 0 Å². The van der Waals surface area contributed by atoms with E-state index in [0.29, 0.717) is 0 Å². The smallest absolute Gasteiger partial charge is 0.339 e. The summed E-state index contributed by atoms with van der Waals surface area (Å²) in [5, 5.41) is 6.75. The van der Waals surface area contributed by atoms with Gasteiger partial charge in [-0.3, -0.25) is 0 Å². The van der Waals surface area contributed by atoms with Crippen molar-refractivity contribution in [3.8, 4) is 0 Å². The summed E-state index contributed by atoms with van der Waals surface area (Å²) in [4.78, 5) is 14.2. The van der Waals surface area contributed by atoms with Gasteiger partial charge in [0.1, 0.15) is 0 Å². The molecule has 1 fully saturated rings. The highest BCUT2D eigenvalue weighted by Gasteiger charge is 2.10. The minimum Gasteiger partial charge on any atom is -0.372 e. The minimum absolute atomic E-state index is 0.355. The van der Waals surface area contributed by atoms with Gasteiger partial charge < -0.3 is 10.2 Å². The molecule has 130 valence electrons. The zero-order valence-corrected chi connectivity index (χ0v) is 14.5. The molecule has 2 N–H and O–H groups in total. The van der Waals surface area contributed by atoms with Gasteiger partial charge in [-0.1, -0.05) is 24.3 Å². The minimum atomic E-state index is -0.355. The zero-order valence-electron chi connectivity index (χ0n) is 14.5. The molecular weight excluding hydrogens is 312 g/mol. The second kappa shape index (κ2) is 8.33. The second-order valence-electron chi connectivity index (χ2n) is 6.33. The highest BCUT2D eigenvalue weighted by molar-refractivity contribution is 5.90. The Bertz CT molecular complexity index is 734. The third-order valence-corrected chi connectivity index (χ3v) is 4.27. The Labute approximate surface area is 148 Å². The van der Waals surface area contributed by atoms with E-state index in [4.69, 9.17) is 0 Å². The standard InChI is InChI=1S/C20H24N4O/c1-16-6-5-7-18(14-16)22-20(25)23-21-15-17-8-10-19(11-9-17)24-12-3-2-4-13-24/h5-11,14-15H,2-4,12-13H2,1H3,(H2,22,23,25)/b21-15+. The molecule has 2 amide bonds. The molecule has 0 bridgehead atoms. The molecule has 1 saturated heterocycles. The van der Waals surface area contributed by atoms with Crippen molar-refractivity contribution in [2.45, 2.75) is 26.2 Å². The average Bonchev–Trinajstić information content (AvgIpc) is 2.63. The largest absolute Gasteiger partial charge is 0.372 e. The molecule has 2 aromatic carbocycles. The maximum absolute atomic E-state index is 11.8. The number of amides is 2. The number of anilines is 2. The van der Waals surface area contributed by atoms with Crippen LogP contribution in [0, 0.1) is 6.92 Å². The maximum Gasteiger partial charge on any atom is 0.339 e. The number of hydrogen-bond donors (Lipinski definition) is 2. The van der Waals surface area contributed by atoms with Crippen LogP contribution in [0.1, 0.15) is 30.4 Å².